The van der Waals surface area contributed by atoms with Crippen LogP contribution in [0.25, 0.3) is 0 Å². The Morgan fingerprint density at radius 3 is 2.59 bits per heavy atom. The van der Waals surface area contributed by atoms with E-state index in [2.05, 4.69) is 17.6 Å². The van der Waals surface area contributed by atoms with Gasteiger partial charge in [0.2, 0.25) is 17.7 Å². The molecule has 3 aliphatic rings. The molecule has 0 saturated carbocycles. The summed E-state index contributed by atoms with van der Waals surface area (Å²) in [5, 5.41) is 17.4. The number of anilines is 1. The van der Waals surface area contributed by atoms with Gasteiger partial charge in [-0.3, -0.25) is 19.7 Å². The predicted octanol–water partition coefficient (Wildman–Crippen LogP) is 5.72. The molecule has 0 aliphatic carbocycles. The van der Waals surface area contributed by atoms with Gasteiger partial charge in [0.15, 0.2) is 5.72 Å². The number of methoxy groups -OCH3 is 2. The van der Waals surface area contributed by atoms with Crippen molar-refractivity contribution in [2.24, 2.45) is 5.92 Å². The molecule has 340 valence electrons. The van der Waals surface area contributed by atoms with Crippen LogP contribution in [0.15, 0.2) is 35.9 Å². The zero-order valence-corrected chi connectivity index (χ0v) is 39.0. The van der Waals surface area contributed by atoms with E-state index in [1.165, 1.54) is 42.8 Å². The summed E-state index contributed by atoms with van der Waals surface area (Å²) in [7, 11) is 6.01. The van der Waals surface area contributed by atoms with Crippen molar-refractivity contribution in [2.75, 3.05) is 45.5 Å². The predicted molar refractivity (Wildman–Crippen MR) is 235 cm³/mol. The van der Waals surface area contributed by atoms with Crippen LogP contribution in [0, 0.1) is 5.92 Å². The van der Waals surface area contributed by atoms with Crippen molar-refractivity contribution in [3.63, 3.8) is 0 Å². The minimum atomic E-state index is -1.85. The van der Waals surface area contributed by atoms with Crippen LogP contribution >= 0.6 is 23.4 Å². The van der Waals surface area contributed by atoms with Crippen LogP contribution in [-0.4, -0.2) is 127 Å². The Balaban J connectivity index is 1.61. The normalized spacial score (nSPS) is 28.8. The topological polar surface area (TPSA) is 186 Å². The average molecular weight is 894 g/mol. The molecule has 0 unspecified atom stereocenters. The number of likely N-dealkylation sites (N-methyl/N-ethyl adjacent to an activating group) is 1. The fourth-order valence-electron chi connectivity index (χ4n) is 7.59. The van der Waals surface area contributed by atoms with Gasteiger partial charge in [-0.15, -0.1) is 11.8 Å². The zero-order valence-electron chi connectivity index (χ0n) is 37.4. The molecule has 2 saturated heterocycles. The lowest BCUT2D eigenvalue weighted by Crippen LogP contribution is -2.63. The Hall–Kier alpha value is -3.83. The molecule has 2 fully saturated rings. The number of epoxide rings is 1. The van der Waals surface area contributed by atoms with Gasteiger partial charge in [0.1, 0.15) is 40.7 Å². The Kier molecular flexibility index (Phi) is 17.2. The van der Waals surface area contributed by atoms with Gasteiger partial charge in [-0.25, -0.2) is 9.59 Å². The highest BCUT2D eigenvalue weighted by Crippen LogP contribution is 2.49. The van der Waals surface area contributed by atoms with Crippen LogP contribution in [0.5, 0.6) is 5.75 Å². The van der Waals surface area contributed by atoms with Gasteiger partial charge in [0.05, 0.1) is 31.1 Å². The van der Waals surface area contributed by atoms with Crippen LogP contribution in [0.3, 0.4) is 0 Å². The monoisotopic (exact) mass is 892 g/mol. The Labute approximate surface area is 369 Å². The Morgan fingerprint density at radius 2 is 1.93 bits per heavy atom. The summed E-state index contributed by atoms with van der Waals surface area (Å²) in [6.45, 7) is 13.6. The van der Waals surface area contributed by atoms with Gasteiger partial charge in [-0.1, -0.05) is 69.5 Å². The molecule has 1 aromatic carbocycles. The third kappa shape index (κ3) is 12.6. The summed E-state index contributed by atoms with van der Waals surface area (Å²) in [5.74, 6) is -1.46. The molecule has 0 radical (unpaired) electrons. The first-order chi connectivity index (χ1) is 28.6. The van der Waals surface area contributed by atoms with Crippen molar-refractivity contribution < 1.29 is 52.8 Å². The molecule has 4 amide bonds. The second-order valence-corrected chi connectivity index (χ2v) is 19.2. The molecule has 8 atom stereocenters. The average Bonchev–Trinajstić information content (AvgIpc) is 3.91. The van der Waals surface area contributed by atoms with E-state index in [1.807, 2.05) is 26.8 Å². The molecule has 3 N–H and O–H groups in total. The Bertz CT molecular complexity index is 1840. The fraction of sp³-hybridized carbons (Fsp3) is 0.659. The smallest absolute Gasteiger partial charge is 0.409 e. The van der Waals surface area contributed by atoms with Crippen molar-refractivity contribution in [1.82, 2.24) is 15.5 Å². The second-order valence-electron chi connectivity index (χ2n) is 17.2. The SMILES string of the molecule is CCCCNC(=O)CSC(C)(C)CCC(=O)N(C)[C@@H](C)C(=O)O[C@H]1CC(=O)N(C)c2cc(cc(OC)c2Cl)C/C(C)=C/C=C/[C@@H](OC)[C@@]2(O)C[C@H](OC(=O)N2)[C@@H](C)[C@@H]2O[C@@]12C. The number of carbonyl (C=O) groups excluding carboxylic acids is 5. The highest BCUT2D eigenvalue weighted by molar-refractivity contribution is 8.01. The number of amides is 4. The van der Waals surface area contributed by atoms with Crippen LogP contribution in [0.2, 0.25) is 5.02 Å². The first-order valence-corrected chi connectivity index (χ1v) is 22.2. The van der Waals surface area contributed by atoms with Crippen molar-refractivity contribution in [1.29, 1.82) is 0 Å². The van der Waals surface area contributed by atoms with Gasteiger partial charge in [-0.2, -0.15) is 0 Å². The van der Waals surface area contributed by atoms with Gasteiger partial charge in [-0.05, 0) is 57.7 Å². The quantitative estimate of drug-likeness (QED) is 0.117. The van der Waals surface area contributed by atoms with Gasteiger partial charge in [0.25, 0.3) is 0 Å². The largest absolute Gasteiger partial charge is 0.495 e. The van der Waals surface area contributed by atoms with Gasteiger partial charge in [0, 0.05) is 51.3 Å². The molecule has 1 aromatic rings. The van der Waals surface area contributed by atoms with Gasteiger partial charge < -0.3 is 43.9 Å². The lowest BCUT2D eigenvalue weighted by molar-refractivity contribution is -0.162. The maximum absolute atomic E-state index is 14.3. The standard InChI is InChI=1S/C44H65ClN4O11S/c1-12-13-19-46-35(50)25-61-42(5,6)18-17-36(51)48(8)28(4)40(53)59-34-23-37(52)49(9)30-21-29(22-31(56-10)38(30)45)20-26(2)15-14-16-33(57-11)44(55)24-32(58-41(54)47-44)27(3)39-43(34,7)60-39/h14-16,21-22,27-28,32-34,39,55H,12-13,17-20,23-25H2,1-11H3,(H,46,50)(H,47,54)/b16-14+,26-15+/t27-,28+,32+,33-,34+,39+,43+,44+/m1/s1. The fourth-order valence-corrected chi connectivity index (χ4v) is 8.77. The number of halogens is 1. The van der Waals surface area contributed by atoms with E-state index < -0.39 is 65.7 Å². The molecule has 4 rings (SSSR count). The lowest BCUT2D eigenvalue weighted by atomic mass is 9.83. The van der Waals surface area contributed by atoms with Crippen molar-refractivity contribution in [3.05, 3.63) is 46.5 Å². The number of esters is 1. The molecule has 15 nitrogen and oxygen atoms in total. The van der Waals surface area contributed by atoms with E-state index in [1.54, 1.807) is 52.1 Å². The van der Waals surface area contributed by atoms with Crippen LogP contribution in [0.4, 0.5) is 10.5 Å². The molecule has 17 heteroatoms. The highest BCUT2D eigenvalue weighted by atomic mass is 35.5. The van der Waals surface area contributed by atoms with Crippen molar-refractivity contribution in [2.45, 2.75) is 140 Å². The number of thioether (sulfide) groups is 1. The Morgan fingerprint density at radius 1 is 1.23 bits per heavy atom. The number of benzene rings is 1. The number of hydrogen-bond donors (Lipinski definition) is 3. The number of nitrogens with one attached hydrogen (secondary N) is 2. The molecule has 4 bridgehead atoms. The number of rotatable bonds is 14. The first-order valence-electron chi connectivity index (χ1n) is 20.8. The molecular formula is C44H65ClN4O11S. The molecule has 3 heterocycles. The molecule has 0 aromatic heterocycles. The number of alkyl carbamates (subject to hydrolysis) is 1. The number of unbranched alkanes of at least 4 members (excludes halogenated alkanes) is 1. The summed E-state index contributed by atoms with van der Waals surface area (Å²) in [6, 6.07) is 2.54. The molecular weight excluding hydrogens is 828 g/mol. The van der Waals surface area contributed by atoms with E-state index in [-0.39, 0.29) is 46.6 Å². The molecule has 3 aliphatic heterocycles. The second kappa shape index (κ2) is 21.0. The molecule has 0 spiro atoms. The minimum absolute atomic E-state index is 0.0507. The van der Waals surface area contributed by atoms with E-state index in [0.717, 1.165) is 24.0 Å². The minimum Gasteiger partial charge on any atom is -0.495 e. The van der Waals surface area contributed by atoms with E-state index in [9.17, 15) is 29.1 Å². The summed E-state index contributed by atoms with van der Waals surface area (Å²) in [4.78, 5) is 69.7. The number of aliphatic hydroxyl groups is 1. The summed E-state index contributed by atoms with van der Waals surface area (Å²) >= 11 is 8.27. The van der Waals surface area contributed by atoms with E-state index >= 15 is 0 Å². The number of allylic oxidation sites excluding steroid dienone is 3. The number of nitrogens with zero attached hydrogens (tertiary/aromatic N) is 2. The first kappa shape index (κ1) is 49.8. The van der Waals surface area contributed by atoms with E-state index in [0.29, 0.717) is 30.8 Å². The van der Waals surface area contributed by atoms with Crippen LogP contribution in [-0.2, 0) is 44.5 Å². The molecule has 61 heavy (non-hydrogen) atoms. The number of fused-ring (bicyclic) bond motifs is 5. The number of hydrogen-bond acceptors (Lipinski definition) is 12. The van der Waals surface area contributed by atoms with Crippen molar-refractivity contribution >= 4 is 58.8 Å². The maximum atomic E-state index is 14.3. The highest BCUT2D eigenvalue weighted by Gasteiger charge is 2.64. The third-order valence-corrected chi connectivity index (χ3v) is 13.7. The maximum Gasteiger partial charge on any atom is 0.409 e. The van der Waals surface area contributed by atoms with Gasteiger partial charge >= 0.3 is 12.1 Å². The third-order valence-electron chi connectivity index (χ3n) is 11.9. The van der Waals surface area contributed by atoms with Crippen LogP contribution < -0.4 is 20.3 Å². The van der Waals surface area contributed by atoms with E-state index in [4.69, 9.17) is 35.3 Å². The van der Waals surface area contributed by atoms with Crippen LogP contribution in [0.1, 0.15) is 92.6 Å². The number of ether oxygens (including phenoxy) is 5. The summed E-state index contributed by atoms with van der Waals surface area (Å²) in [6.07, 6.45) is 3.24. The summed E-state index contributed by atoms with van der Waals surface area (Å²) in [5.41, 5.74) is -1.00. The summed E-state index contributed by atoms with van der Waals surface area (Å²) < 4.78 is 29.0. The lowest BCUT2D eigenvalue weighted by Gasteiger charge is -2.42. The number of carbonyl (C=O) groups is 5. The zero-order chi connectivity index (χ0) is 45.4. The van der Waals surface area contributed by atoms with Crippen molar-refractivity contribution in [3.8, 4) is 5.75 Å².